The van der Waals surface area contributed by atoms with Gasteiger partial charge in [0.1, 0.15) is 0 Å². The Morgan fingerprint density at radius 1 is 0.824 bits per heavy atom. The summed E-state index contributed by atoms with van der Waals surface area (Å²) in [5.74, 6) is 0. The Balaban J connectivity index is 1.85. The third kappa shape index (κ3) is 3.95. The van der Waals surface area contributed by atoms with Crippen molar-refractivity contribution in [2.45, 2.75) is 0 Å². The molecular formula is C15H14N2. The molecule has 84 valence electrons. The molecule has 0 unspecified atom stereocenters. The Kier molecular flexibility index (Phi) is 4.12. The van der Waals surface area contributed by atoms with E-state index >= 15 is 0 Å². The molecule has 2 nitrogen and oxygen atoms in total. The summed E-state index contributed by atoms with van der Waals surface area (Å²) < 4.78 is 0. The maximum absolute atomic E-state index is 4.29. The Bertz CT molecular complexity index is 487. The average molecular weight is 222 g/mol. The first-order valence-electron chi connectivity index (χ1n) is 5.51. The third-order valence-corrected chi connectivity index (χ3v) is 2.19. The largest absolute Gasteiger partial charge is 0.362 e. The molecule has 0 amide bonds. The second-order valence-corrected chi connectivity index (χ2v) is 3.48. The van der Waals surface area contributed by atoms with E-state index in [4.69, 9.17) is 0 Å². The van der Waals surface area contributed by atoms with Gasteiger partial charge in [-0.05, 0) is 30.3 Å². The predicted octanol–water partition coefficient (Wildman–Crippen LogP) is 4.01. The number of hydrogen-bond acceptors (Lipinski definition) is 2. The first-order valence-corrected chi connectivity index (χ1v) is 5.51. The fourth-order valence-corrected chi connectivity index (χ4v) is 1.36. The molecule has 0 heterocycles. The molecule has 0 bridgehead atoms. The summed E-state index contributed by atoms with van der Waals surface area (Å²) in [6.07, 6.45) is 5.51. The summed E-state index contributed by atoms with van der Waals surface area (Å²) >= 11 is 0. The summed E-state index contributed by atoms with van der Waals surface area (Å²) in [4.78, 5) is 4.29. The molecule has 2 aromatic rings. The first-order chi connectivity index (χ1) is 8.45. The first kappa shape index (κ1) is 11.1. The fourth-order valence-electron chi connectivity index (χ4n) is 1.36. The molecule has 0 aliphatic rings. The maximum atomic E-state index is 4.29. The summed E-state index contributed by atoms with van der Waals surface area (Å²) in [5.41, 5.74) is 2.02. The predicted molar refractivity (Wildman–Crippen MR) is 73.8 cm³/mol. The minimum atomic E-state index is 0.955. The van der Waals surface area contributed by atoms with Gasteiger partial charge in [0.2, 0.25) is 0 Å². The standard InChI is InChI=1S/C15H14N2/c1-3-8-14(9-4-1)16-12-7-13-17-15-10-5-2-6-11-15/h1-13,16H/b12-7+,17-13+. The zero-order chi connectivity index (χ0) is 11.8. The Morgan fingerprint density at radius 2 is 1.47 bits per heavy atom. The topological polar surface area (TPSA) is 24.4 Å². The van der Waals surface area contributed by atoms with Crippen LogP contribution in [0.1, 0.15) is 0 Å². The van der Waals surface area contributed by atoms with Crippen LogP contribution in [0.4, 0.5) is 11.4 Å². The maximum Gasteiger partial charge on any atom is 0.0629 e. The summed E-state index contributed by atoms with van der Waals surface area (Å²) in [6, 6.07) is 19.9. The third-order valence-electron chi connectivity index (χ3n) is 2.19. The quantitative estimate of drug-likeness (QED) is 0.776. The molecule has 1 N–H and O–H groups in total. The van der Waals surface area contributed by atoms with Crippen LogP contribution in [0.3, 0.4) is 0 Å². The molecule has 0 fully saturated rings. The van der Waals surface area contributed by atoms with Gasteiger partial charge in [0.05, 0.1) is 5.69 Å². The van der Waals surface area contributed by atoms with Crippen molar-refractivity contribution in [1.82, 2.24) is 0 Å². The molecule has 0 aromatic heterocycles. The van der Waals surface area contributed by atoms with E-state index in [0.717, 1.165) is 11.4 Å². The van der Waals surface area contributed by atoms with Crippen molar-refractivity contribution in [3.8, 4) is 0 Å². The number of benzene rings is 2. The molecule has 0 atom stereocenters. The number of nitrogens with zero attached hydrogens (tertiary/aromatic N) is 1. The van der Waals surface area contributed by atoms with E-state index in [1.54, 1.807) is 6.21 Å². The summed E-state index contributed by atoms with van der Waals surface area (Å²) in [6.45, 7) is 0. The molecule has 0 spiro atoms. The highest BCUT2D eigenvalue weighted by Crippen LogP contribution is 2.08. The van der Waals surface area contributed by atoms with E-state index < -0.39 is 0 Å². The second-order valence-electron chi connectivity index (χ2n) is 3.48. The average Bonchev–Trinajstić information content (AvgIpc) is 2.41. The highest BCUT2D eigenvalue weighted by atomic mass is 14.8. The zero-order valence-corrected chi connectivity index (χ0v) is 9.45. The number of rotatable bonds is 4. The normalized spacial score (nSPS) is 11.1. The minimum absolute atomic E-state index is 0.955. The van der Waals surface area contributed by atoms with Gasteiger partial charge >= 0.3 is 0 Å². The van der Waals surface area contributed by atoms with E-state index in [-0.39, 0.29) is 0 Å². The minimum Gasteiger partial charge on any atom is -0.362 e. The van der Waals surface area contributed by atoms with Crippen LogP contribution in [-0.2, 0) is 0 Å². The molecule has 2 rings (SSSR count). The van der Waals surface area contributed by atoms with E-state index in [1.807, 2.05) is 72.9 Å². The van der Waals surface area contributed by atoms with Gasteiger partial charge in [0.25, 0.3) is 0 Å². The lowest BCUT2D eigenvalue weighted by Crippen LogP contribution is -1.85. The van der Waals surface area contributed by atoms with Crippen molar-refractivity contribution >= 4 is 17.6 Å². The molecular weight excluding hydrogens is 208 g/mol. The Morgan fingerprint density at radius 3 is 2.18 bits per heavy atom. The monoisotopic (exact) mass is 222 g/mol. The van der Waals surface area contributed by atoms with Gasteiger partial charge in [-0.3, -0.25) is 4.99 Å². The van der Waals surface area contributed by atoms with Gasteiger partial charge in [-0.25, -0.2) is 0 Å². The fraction of sp³-hybridized carbons (Fsp3) is 0. The Hall–Kier alpha value is -2.35. The SMILES string of the molecule is C(=C\Nc1ccccc1)/C=N/c1ccccc1. The molecule has 0 saturated carbocycles. The molecule has 2 aromatic carbocycles. The van der Waals surface area contributed by atoms with Crippen LogP contribution < -0.4 is 5.32 Å². The van der Waals surface area contributed by atoms with Crippen LogP contribution in [0.15, 0.2) is 77.9 Å². The summed E-state index contributed by atoms with van der Waals surface area (Å²) in [7, 11) is 0. The van der Waals surface area contributed by atoms with Crippen LogP contribution >= 0.6 is 0 Å². The van der Waals surface area contributed by atoms with Crippen LogP contribution in [0.25, 0.3) is 0 Å². The number of para-hydroxylation sites is 2. The van der Waals surface area contributed by atoms with E-state index in [2.05, 4.69) is 10.3 Å². The number of anilines is 1. The van der Waals surface area contributed by atoms with Crippen molar-refractivity contribution < 1.29 is 0 Å². The van der Waals surface area contributed by atoms with Crippen molar-refractivity contribution in [2.75, 3.05) is 5.32 Å². The zero-order valence-electron chi connectivity index (χ0n) is 9.45. The highest BCUT2D eigenvalue weighted by molar-refractivity contribution is 5.74. The lowest BCUT2D eigenvalue weighted by atomic mass is 10.3. The van der Waals surface area contributed by atoms with Gasteiger partial charge in [0, 0.05) is 18.1 Å². The molecule has 0 aliphatic carbocycles. The second kappa shape index (κ2) is 6.28. The van der Waals surface area contributed by atoms with Gasteiger partial charge in [-0.2, -0.15) is 0 Å². The van der Waals surface area contributed by atoms with E-state index in [0.29, 0.717) is 0 Å². The number of aliphatic imine (C=N–C) groups is 1. The molecule has 0 saturated heterocycles. The van der Waals surface area contributed by atoms with Gasteiger partial charge in [-0.1, -0.05) is 36.4 Å². The van der Waals surface area contributed by atoms with Crippen LogP contribution in [0.5, 0.6) is 0 Å². The number of nitrogens with one attached hydrogen (secondary N) is 1. The molecule has 2 heteroatoms. The van der Waals surface area contributed by atoms with Crippen molar-refractivity contribution in [3.05, 3.63) is 72.9 Å². The molecule has 17 heavy (non-hydrogen) atoms. The van der Waals surface area contributed by atoms with E-state index in [1.165, 1.54) is 0 Å². The highest BCUT2D eigenvalue weighted by Gasteiger charge is 1.83. The van der Waals surface area contributed by atoms with Crippen molar-refractivity contribution in [3.63, 3.8) is 0 Å². The lowest BCUT2D eigenvalue weighted by Gasteiger charge is -1.97. The van der Waals surface area contributed by atoms with Gasteiger partial charge < -0.3 is 5.32 Å². The van der Waals surface area contributed by atoms with Gasteiger partial charge in [-0.15, -0.1) is 0 Å². The molecule has 0 aliphatic heterocycles. The summed E-state index contributed by atoms with van der Waals surface area (Å²) in [5, 5.41) is 3.16. The van der Waals surface area contributed by atoms with Crippen molar-refractivity contribution in [2.24, 2.45) is 4.99 Å². The molecule has 0 radical (unpaired) electrons. The van der Waals surface area contributed by atoms with Crippen LogP contribution in [0.2, 0.25) is 0 Å². The van der Waals surface area contributed by atoms with Crippen molar-refractivity contribution in [1.29, 1.82) is 0 Å². The van der Waals surface area contributed by atoms with E-state index in [9.17, 15) is 0 Å². The number of allylic oxidation sites excluding steroid dienone is 1. The number of hydrogen-bond donors (Lipinski definition) is 1. The smallest absolute Gasteiger partial charge is 0.0629 e. The van der Waals surface area contributed by atoms with Crippen LogP contribution in [-0.4, -0.2) is 6.21 Å². The van der Waals surface area contributed by atoms with Gasteiger partial charge in [0.15, 0.2) is 0 Å². The lowest BCUT2D eigenvalue weighted by molar-refractivity contribution is 1.54. The Labute approximate surface area is 101 Å². The van der Waals surface area contributed by atoms with Crippen LogP contribution in [0, 0.1) is 0 Å².